The number of likely N-dealkylation sites (N-methyl/N-ethyl adjacent to an activating group) is 1. The molecule has 4 rings (SSSR count). The van der Waals surface area contributed by atoms with Gasteiger partial charge in [0.1, 0.15) is 18.2 Å². The maximum Gasteiger partial charge on any atom is 0.163 e. The van der Waals surface area contributed by atoms with Gasteiger partial charge >= 0.3 is 0 Å². The Morgan fingerprint density at radius 3 is 2.69 bits per heavy atom. The number of hydrogen-bond acceptors (Lipinski definition) is 6. The van der Waals surface area contributed by atoms with Crippen molar-refractivity contribution in [2.24, 2.45) is 0 Å². The first kappa shape index (κ1) is 19.3. The van der Waals surface area contributed by atoms with Crippen molar-refractivity contribution in [2.75, 3.05) is 25.1 Å². The van der Waals surface area contributed by atoms with E-state index in [0.29, 0.717) is 19.0 Å². The van der Waals surface area contributed by atoms with E-state index in [1.54, 1.807) is 12.4 Å². The number of anilines is 1. The van der Waals surface area contributed by atoms with Crippen molar-refractivity contribution in [1.29, 1.82) is 0 Å². The molecule has 1 aliphatic rings. The molecule has 150 valence electrons. The van der Waals surface area contributed by atoms with Crippen molar-refractivity contribution in [1.82, 2.24) is 15.0 Å². The first-order valence-corrected chi connectivity index (χ1v) is 10.1. The summed E-state index contributed by atoms with van der Waals surface area (Å²) in [5.74, 6) is 2.64. The van der Waals surface area contributed by atoms with Crippen LogP contribution in [0, 0.1) is 0 Å². The van der Waals surface area contributed by atoms with E-state index in [-0.39, 0.29) is 12.0 Å². The molecule has 0 spiro atoms. The van der Waals surface area contributed by atoms with Gasteiger partial charge < -0.3 is 14.7 Å². The van der Waals surface area contributed by atoms with Crippen LogP contribution in [0.2, 0.25) is 0 Å². The van der Waals surface area contributed by atoms with Gasteiger partial charge in [0.05, 0.1) is 12.6 Å². The number of pyridine rings is 1. The maximum absolute atomic E-state index is 9.97. The molecule has 0 radical (unpaired) electrons. The lowest BCUT2D eigenvalue weighted by Gasteiger charge is -2.21. The summed E-state index contributed by atoms with van der Waals surface area (Å²) in [5, 5.41) is 9.97. The number of rotatable bonds is 7. The van der Waals surface area contributed by atoms with Crippen LogP contribution in [0.3, 0.4) is 0 Å². The van der Waals surface area contributed by atoms with Gasteiger partial charge in [-0.25, -0.2) is 9.97 Å². The summed E-state index contributed by atoms with van der Waals surface area (Å²) < 4.78 is 5.83. The molecule has 1 unspecified atom stereocenters. The minimum atomic E-state index is -0.239. The Balaban J connectivity index is 1.54. The quantitative estimate of drug-likeness (QED) is 0.664. The highest BCUT2D eigenvalue weighted by atomic mass is 16.5. The van der Waals surface area contributed by atoms with Gasteiger partial charge in [-0.15, -0.1) is 0 Å². The summed E-state index contributed by atoms with van der Waals surface area (Å²) in [6, 6.07) is 15.7. The van der Waals surface area contributed by atoms with Crippen molar-refractivity contribution in [3.63, 3.8) is 0 Å². The molecule has 1 saturated carbocycles. The lowest BCUT2D eigenvalue weighted by Crippen LogP contribution is -2.25. The van der Waals surface area contributed by atoms with Gasteiger partial charge in [0.2, 0.25) is 0 Å². The molecule has 6 heteroatoms. The first-order chi connectivity index (χ1) is 14.2. The molecule has 3 aromatic rings. The van der Waals surface area contributed by atoms with Crippen LogP contribution in [0.25, 0.3) is 11.4 Å². The molecule has 2 heterocycles. The van der Waals surface area contributed by atoms with E-state index in [4.69, 9.17) is 14.7 Å². The number of nitrogens with zero attached hydrogens (tertiary/aromatic N) is 4. The first-order valence-electron chi connectivity index (χ1n) is 10.1. The highest BCUT2D eigenvalue weighted by Gasteiger charge is 2.26. The van der Waals surface area contributed by atoms with Gasteiger partial charge in [0, 0.05) is 42.7 Å². The number of aliphatic hydroxyl groups excluding tert-OH is 1. The summed E-state index contributed by atoms with van der Waals surface area (Å²) in [4.78, 5) is 15.9. The van der Waals surface area contributed by atoms with Crippen molar-refractivity contribution in [3.8, 4) is 17.1 Å². The molecule has 0 saturated heterocycles. The van der Waals surface area contributed by atoms with Crippen LogP contribution < -0.4 is 9.64 Å². The third-order valence-electron chi connectivity index (χ3n) is 5.31. The van der Waals surface area contributed by atoms with E-state index in [2.05, 4.69) is 9.88 Å². The van der Waals surface area contributed by atoms with Crippen LogP contribution in [0.1, 0.15) is 30.9 Å². The SMILES string of the molecule is CN(CCOc1ccccc1)c1cc(C2CC[C@H](O)C2)nc(-c2cccnc2)n1. The van der Waals surface area contributed by atoms with Crippen LogP contribution in [-0.4, -0.2) is 46.4 Å². The van der Waals surface area contributed by atoms with E-state index < -0.39 is 0 Å². The van der Waals surface area contributed by atoms with Gasteiger partial charge in [-0.05, 0) is 43.5 Å². The fourth-order valence-electron chi connectivity index (χ4n) is 3.64. The van der Waals surface area contributed by atoms with Crippen molar-refractivity contribution < 1.29 is 9.84 Å². The normalized spacial score (nSPS) is 18.6. The van der Waals surface area contributed by atoms with Crippen LogP contribution in [0.4, 0.5) is 5.82 Å². The fourth-order valence-corrected chi connectivity index (χ4v) is 3.64. The van der Waals surface area contributed by atoms with Gasteiger partial charge in [0.15, 0.2) is 5.82 Å². The summed E-state index contributed by atoms with van der Waals surface area (Å²) in [7, 11) is 2.01. The Morgan fingerprint density at radius 1 is 1.10 bits per heavy atom. The minimum Gasteiger partial charge on any atom is -0.492 e. The third kappa shape index (κ3) is 4.90. The molecule has 1 aromatic carbocycles. The fraction of sp³-hybridized carbons (Fsp3) is 0.348. The molecule has 0 aliphatic heterocycles. The van der Waals surface area contributed by atoms with E-state index in [1.807, 2.05) is 55.6 Å². The number of hydrogen-bond donors (Lipinski definition) is 1. The molecule has 1 N–H and O–H groups in total. The summed E-state index contributed by atoms with van der Waals surface area (Å²) in [6.07, 6.45) is 5.82. The predicted molar refractivity (Wildman–Crippen MR) is 113 cm³/mol. The maximum atomic E-state index is 9.97. The lowest BCUT2D eigenvalue weighted by atomic mass is 10.0. The zero-order chi connectivity index (χ0) is 20.1. The van der Waals surface area contributed by atoms with Gasteiger partial charge in [0.25, 0.3) is 0 Å². The van der Waals surface area contributed by atoms with Crippen LogP contribution in [0.5, 0.6) is 5.75 Å². The zero-order valence-electron chi connectivity index (χ0n) is 16.6. The minimum absolute atomic E-state index is 0.239. The Kier molecular flexibility index (Phi) is 6.00. The highest BCUT2D eigenvalue weighted by Crippen LogP contribution is 2.35. The molecule has 29 heavy (non-hydrogen) atoms. The Labute approximate surface area is 171 Å². The monoisotopic (exact) mass is 390 g/mol. The topological polar surface area (TPSA) is 71.4 Å². The van der Waals surface area contributed by atoms with Crippen LogP contribution in [0.15, 0.2) is 60.9 Å². The van der Waals surface area contributed by atoms with E-state index in [0.717, 1.165) is 42.1 Å². The van der Waals surface area contributed by atoms with E-state index in [1.165, 1.54) is 0 Å². The van der Waals surface area contributed by atoms with Crippen molar-refractivity contribution in [3.05, 3.63) is 66.6 Å². The van der Waals surface area contributed by atoms with E-state index in [9.17, 15) is 5.11 Å². The largest absolute Gasteiger partial charge is 0.492 e. The lowest BCUT2D eigenvalue weighted by molar-refractivity contribution is 0.181. The number of ether oxygens (including phenoxy) is 1. The third-order valence-corrected chi connectivity index (χ3v) is 5.31. The van der Waals surface area contributed by atoms with Gasteiger partial charge in [-0.1, -0.05) is 18.2 Å². The molecule has 2 atom stereocenters. The molecule has 6 nitrogen and oxygen atoms in total. The molecular formula is C23H26N4O2. The van der Waals surface area contributed by atoms with Gasteiger partial charge in [-0.2, -0.15) is 0 Å². The highest BCUT2D eigenvalue weighted by molar-refractivity contribution is 5.57. The average molecular weight is 390 g/mol. The zero-order valence-corrected chi connectivity index (χ0v) is 16.6. The second-order valence-electron chi connectivity index (χ2n) is 7.46. The second kappa shape index (κ2) is 9.01. The molecule has 1 fully saturated rings. The van der Waals surface area contributed by atoms with E-state index >= 15 is 0 Å². The summed E-state index contributed by atoms with van der Waals surface area (Å²) in [6.45, 7) is 1.26. The molecule has 2 aromatic heterocycles. The van der Waals surface area contributed by atoms with Crippen LogP contribution in [-0.2, 0) is 0 Å². The van der Waals surface area contributed by atoms with Crippen LogP contribution >= 0.6 is 0 Å². The number of aromatic nitrogens is 3. The van der Waals surface area contributed by atoms with Gasteiger partial charge in [-0.3, -0.25) is 4.98 Å². The number of para-hydroxylation sites is 1. The number of aliphatic hydroxyl groups is 1. The number of benzene rings is 1. The Morgan fingerprint density at radius 2 is 1.97 bits per heavy atom. The van der Waals surface area contributed by atoms with Crippen molar-refractivity contribution >= 4 is 5.82 Å². The Hall–Kier alpha value is -2.99. The van der Waals surface area contributed by atoms with Crippen molar-refractivity contribution in [2.45, 2.75) is 31.3 Å². The average Bonchev–Trinajstić information content (AvgIpc) is 3.21. The molecular weight excluding hydrogens is 364 g/mol. The molecule has 0 bridgehead atoms. The predicted octanol–water partition coefficient (Wildman–Crippen LogP) is 3.68. The standard InChI is InChI=1S/C23H26N4O2/c1-27(12-13-29-20-7-3-2-4-8-20)22-15-21(17-9-10-19(28)14-17)25-23(26-22)18-6-5-11-24-16-18/h2-8,11,15-17,19,28H,9-10,12-14H2,1H3/t17?,19-/m0/s1. The summed E-state index contributed by atoms with van der Waals surface area (Å²) >= 11 is 0. The second-order valence-corrected chi connectivity index (χ2v) is 7.46. The Bertz CT molecular complexity index is 921. The smallest absolute Gasteiger partial charge is 0.163 e. The summed E-state index contributed by atoms with van der Waals surface area (Å²) in [5.41, 5.74) is 1.88. The molecule has 1 aliphatic carbocycles. The molecule has 0 amide bonds.